The first-order chi connectivity index (χ1) is 8.33. The van der Waals surface area contributed by atoms with Crippen molar-refractivity contribution < 1.29 is 0 Å². The lowest BCUT2D eigenvalue weighted by atomic mass is 9.95. The molecule has 3 rings (SSSR count). The van der Waals surface area contributed by atoms with Crippen molar-refractivity contribution in [1.82, 2.24) is 5.32 Å². The molecule has 0 saturated heterocycles. The Hall–Kier alpha value is -0.860. The van der Waals surface area contributed by atoms with Gasteiger partial charge in [0.05, 0.1) is 0 Å². The minimum atomic E-state index is 0.135. The first-order valence-electron chi connectivity index (χ1n) is 6.87. The predicted molar refractivity (Wildman–Crippen MR) is 70.6 cm³/mol. The van der Waals surface area contributed by atoms with E-state index in [0.29, 0.717) is 0 Å². The second kappa shape index (κ2) is 4.79. The Morgan fingerprint density at radius 3 is 2.65 bits per heavy atom. The average Bonchev–Trinajstić information content (AvgIpc) is 2.99. The summed E-state index contributed by atoms with van der Waals surface area (Å²) < 4.78 is 0. The van der Waals surface area contributed by atoms with Crippen LogP contribution in [0, 0.1) is 11.8 Å². The topological polar surface area (TPSA) is 38.0 Å². The van der Waals surface area contributed by atoms with Crippen molar-refractivity contribution in [2.45, 2.75) is 37.8 Å². The van der Waals surface area contributed by atoms with E-state index in [4.69, 9.17) is 5.73 Å². The van der Waals surface area contributed by atoms with Gasteiger partial charge in [-0.25, -0.2) is 0 Å². The van der Waals surface area contributed by atoms with Crippen LogP contribution in [0.15, 0.2) is 30.3 Å². The molecule has 0 heterocycles. The molecule has 4 atom stereocenters. The summed E-state index contributed by atoms with van der Waals surface area (Å²) in [5.41, 5.74) is 7.45. The number of hydrogen-bond donors (Lipinski definition) is 2. The molecule has 2 saturated carbocycles. The second-order valence-electron chi connectivity index (χ2n) is 5.71. The van der Waals surface area contributed by atoms with Crippen LogP contribution in [-0.4, -0.2) is 12.6 Å². The Morgan fingerprint density at radius 1 is 1.18 bits per heavy atom. The second-order valence-corrected chi connectivity index (χ2v) is 5.71. The molecule has 2 fully saturated rings. The van der Waals surface area contributed by atoms with Gasteiger partial charge < -0.3 is 11.1 Å². The smallest absolute Gasteiger partial charge is 0.0421 e. The number of nitrogens with two attached hydrogens (primary N) is 1. The highest BCUT2D eigenvalue weighted by atomic mass is 15.0. The van der Waals surface area contributed by atoms with Gasteiger partial charge in [0.15, 0.2) is 0 Å². The monoisotopic (exact) mass is 230 g/mol. The van der Waals surface area contributed by atoms with E-state index in [2.05, 4.69) is 29.6 Å². The molecule has 4 unspecified atom stereocenters. The minimum absolute atomic E-state index is 0.135. The molecule has 0 radical (unpaired) electrons. The fourth-order valence-corrected chi connectivity index (χ4v) is 3.59. The molecule has 2 aliphatic carbocycles. The van der Waals surface area contributed by atoms with Gasteiger partial charge in [0, 0.05) is 18.6 Å². The molecule has 1 aromatic carbocycles. The summed E-state index contributed by atoms with van der Waals surface area (Å²) in [5.74, 6) is 1.94. The van der Waals surface area contributed by atoms with Gasteiger partial charge in [0.1, 0.15) is 0 Å². The number of fused-ring (bicyclic) bond motifs is 2. The summed E-state index contributed by atoms with van der Waals surface area (Å²) in [6.45, 7) is 0.915. The maximum absolute atomic E-state index is 6.21. The molecule has 0 spiro atoms. The molecule has 3 N–H and O–H groups in total. The Labute approximate surface area is 104 Å². The van der Waals surface area contributed by atoms with E-state index in [1.165, 1.54) is 31.2 Å². The van der Waals surface area contributed by atoms with Gasteiger partial charge >= 0.3 is 0 Å². The van der Waals surface area contributed by atoms with Gasteiger partial charge in [-0.2, -0.15) is 0 Å². The summed E-state index contributed by atoms with van der Waals surface area (Å²) in [6.07, 6.45) is 5.74. The Kier molecular flexibility index (Phi) is 3.17. The molecule has 92 valence electrons. The van der Waals surface area contributed by atoms with Gasteiger partial charge in [-0.1, -0.05) is 36.8 Å². The SMILES string of the molecule is NC(CNC1CC2CCC1C2)c1ccccc1. The molecule has 2 aliphatic rings. The van der Waals surface area contributed by atoms with Crippen molar-refractivity contribution in [1.29, 1.82) is 0 Å². The van der Waals surface area contributed by atoms with E-state index >= 15 is 0 Å². The van der Waals surface area contributed by atoms with Crippen LogP contribution in [0.25, 0.3) is 0 Å². The minimum Gasteiger partial charge on any atom is -0.323 e. The normalized spacial score (nSPS) is 32.9. The maximum atomic E-state index is 6.21. The zero-order valence-corrected chi connectivity index (χ0v) is 10.3. The summed E-state index contributed by atoms with van der Waals surface area (Å²) in [4.78, 5) is 0. The van der Waals surface area contributed by atoms with Crippen LogP contribution in [0.2, 0.25) is 0 Å². The number of nitrogens with one attached hydrogen (secondary N) is 1. The van der Waals surface area contributed by atoms with E-state index in [1.54, 1.807) is 0 Å². The maximum Gasteiger partial charge on any atom is 0.0421 e. The molecule has 1 aromatic rings. The van der Waals surface area contributed by atoms with Crippen LogP contribution in [0.3, 0.4) is 0 Å². The lowest BCUT2D eigenvalue weighted by Crippen LogP contribution is -2.38. The summed E-state index contributed by atoms with van der Waals surface area (Å²) >= 11 is 0. The van der Waals surface area contributed by atoms with E-state index in [1.807, 2.05) is 6.07 Å². The van der Waals surface area contributed by atoms with Crippen LogP contribution < -0.4 is 11.1 Å². The van der Waals surface area contributed by atoms with Crippen LogP contribution in [-0.2, 0) is 0 Å². The lowest BCUT2D eigenvalue weighted by Gasteiger charge is -2.24. The lowest BCUT2D eigenvalue weighted by molar-refractivity contribution is 0.345. The van der Waals surface area contributed by atoms with Gasteiger partial charge in [-0.05, 0) is 36.7 Å². The third-order valence-electron chi connectivity index (χ3n) is 4.57. The first kappa shape index (κ1) is 11.2. The Bertz CT molecular complexity index is 362. The van der Waals surface area contributed by atoms with E-state index in [-0.39, 0.29) is 6.04 Å². The fraction of sp³-hybridized carbons (Fsp3) is 0.600. The standard InChI is InChI=1S/C15H22N2/c16-14(12-4-2-1-3-5-12)10-17-15-9-11-6-7-13(15)8-11/h1-5,11,13-15,17H,6-10,16H2. The van der Waals surface area contributed by atoms with Crippen molar-refractivity contribution in [3.63, 3.8) is 0 Å². The quantitative estimate of drug-likeness (QED) is 0.834. The molecule has 0 amide bonds. The molecule has 2 heteroatoms. The zero-order chi connectivity index (χ0) is 11.7. The third kappa shape index (κ3) is 2.38. The van der Waals surface area contributed by atoms with Crippen molar-refractivity contribution in [3.8, 4) is 0 Å². The van der Waals surface area contributed by atoms with Crippen molar-refractivity contribution in [2.24, 2.45) is 17.6 Å². The number of rotatable bonds is 4. The van der Waals surface area contributed by atoms with Gasteiger partial charge in [0.25, 0.3) is 0 Å². The first-order valence-corrected chi connectivity index (χ1v) is 6.87. The molecule has 0 aliphatic heterocycles. The third-order valence-corrected chi connectivity index (χ3v) is 4.57. The molecule has 0 aromatic heterocycles. The van der Waals surface area contributed by atoms with E-state index in [9.17, 15) is 0 Å². The Morgan fingerprint density at radius 2 is 2.00 bits per heavy atom. The average molecular weight is 230 g/mol. The number of hydrogen-bond acceptors (Lipinski definition) is 2. The van der Waals surface area contributed by atoms with E-state index in [0.717, 1.165) is 24.4 Å². The molecular formula is C15H22N2. The van der Waals surface area contributed by atoms with E-state index < -0.39 is 0 Å². The van der Waals surface area contributed by atoms with Crippen LogP contribution in [0.4, 0.5) is 0 Å². The summed E-state index contributed by atoms with van der Waals surface area (Å²) in [7, 11) is 0. The highest BCUT2D eigenvalue weighted by Gasteiger charge is 2.39. The predicted octanol–water partition coefficient (Wildman–Crippen LogP) is 2.46. The highest BCUT2D eigenvalue weighted by Crippen LogP contribution is 2.44. The zero-order valence-electron chi connectivity index (χ0n) is 10.3. The summed E-state index contributed by atoms with van der Waals surface area (Å²) in [5, 5.41) is 3.69. The van der Waals surface area contributed by atoms with Crippen molar-refractivity contribution in [2.75, 3.05) is 6.54 Å². The van der Waals surface area contributed by atoms with Crippen LogP contribution >= 0.6 is 0 Å². The van der Waals surface area contributed by atoms with Crippen molar-refractivity contribution >= 4 is 0 Å². The largest absolute Gasteiger partial charge is 0.323 e. The van der Waals surface area contributed by atoms with Crippen LogP contribution in [0.5, 0.6) is 0 Å². The summed E-state index contributed by atoms with van der Waals surface area (Å²) in [6, 6.07) is 11.3. The Balaban J connectivity index is 1.51. The molecule has 2 bridgehead atoms. The molecule has 17 heavy (non-hydrogen) atoms. The van der Waals surface area contributed by atoms with Gasteiger partial charge in [0.2, 0.25) is 0 Å². The van der Waals surface area contributed by atoms with Crippen molar-refractivity contribution in [3.05, 3.63) is 35.9 Å². The fourth-order valence-electron chi connectivity index (χ4n) is 3.59. The molecule has 2 nitrogen and oxygen atoms in total. The number of benzene rings is 1. The highest BCUT2D eigenvalue weighted by molar-refractivity contribution is 5.18. The van der Waals surface area contributed by atoms with Gasteiger partial charge in [-0.15, -0.1) is 0 Å². The van der Waals surface area contributed by atoms with Gasteiger partial charge in [-0.3, -0.25) is 0 Å². The molecular weight excluding hydrogens is 208 g/mol. The van der Waals surface area contributed by atoms with Crippen LogP contribution in [0.1, 0.15) is 37.3 Å².